The number of aliphatic carboxylic acids is 1. The van der Waals surface area contributed by atoms with Gasteiger partial charge < -0.3 is 5.11 Å². The van der Waals surface area contributed by atoms with E-state index in [-0.39, 0.29) is 11.4 Å². The van der Waals surface area contributed by atoms with E-state index >= 15 is 0 Å². The molecule has 0 aliphatic rings. The Balaban J connectivity index is 2.34. The first-order valence-corrected chi connectivity index (χ1v) is 9.05. The second-order valence-electron chi connectivity index (χ2n) is 5.11. The van der Waals surface area contributed by atoms with Crippen LogP contribution in [0.4, 0.5) is 0 Å². The van der Waals surface area contributed by atoms with Gasteiger partial charge in [-0.05, 0) is 36.8 Å². The summed E-state index contributed by atoms with van der Waals surface area (Å²) >= 11 is 3.25. The van der Waals surface area contributed by atoms with E-state index in [0.717, 1.165) is 19.9 Å². The van der Waals surface area contributed by atoms with Crippen molar-refractivity contribution < 1.29 is 18.3 Å². The number of carbonyl (C=O) groups is 1. The molecular weight excluding hydrogens is 382 g/mol. The molecule has 2 aromatic rings. The highest BCUT2D eigenvalue weighted by molar-refractivity contribution is 9.10. The molecule has 0 saturated carbocycles. The Kier molecular flexibility index (Phi) is 5.56. The molecule has 2 rings (SSSR count). The second kappa shape index (κ2) is 7.25. The van der Waals surface area contributed by atoms with Crippen molar-refractivity contribution in [1.29, 1.82) is 0 Å². The van der Waals surface area contributed by atoms with Gasteiger partial charge in [-0.1, -0.05) is 45.8 Å². The maximum atomic E-state index is 12.7. The molecule has 0 aliphatic carbocycles. The molecule has 5 nitrogen and oxygen atoms in total. The minimum absolute atomic E-state index is 0.00494. The van der Waals surface area contributed by atoms with E-state index < -0.39 is 22.5 Å². The Labute approximate surface area is 143 Å². The molecule has 1 N–H and O–H groups in total. The molecule has 0 unspecified atom stereocenters. The highest BCUT2D eigenvalue weighted by atomic mass is 79.9. The van der Waals surface area contributed by atoms with Crippen molar-refractivity contribution in [1.82, 2.24) is 4.31 Å². The van der Waals surface area contributed by atoms with Crippen LogP contribution in [0.3, 0.4) is 0 Å². The van der Waals surface area contributed by atoms with Crippen molar-refractivity contribution in [2.24, 2.45) is 0 Å². The average Bonchev–Trinajstić information content (AvgIpc) is 2.49. The van der Waals surface area contributed by atoms with Gasteiger partial charge >= 0.3 is 5.97 Å². The molecule has 0 aromatic heterocycles. The zero-order valence-electron chi connectivity index (χ0n) is 12.4. The van der Waals surface area contributed by atoms with Crippen LogP contribution >= 0.6 is 15.9 Å². The number of nitrogens with zero attached hydrogens (tertiary/aromatic N) is 1. The van der Waals surface area contributed by atoms with Crippen LogP contribution in [0.5, 0.6) is 0 Å². The predicted octanol–water partition coefficient (Wildman–Crippen LogP) is 3.03. The van der Waals surface area contributed by atoms with E-state index in [9.17, 15) is 13.2 Å². The number of halogens is 1. The molecule has 23 heavy (non-hydrogen) atoms. The van der Waals surface area contributed by atoms with Gasteiger partial charge in [-0.3, -0.25) is 4.79 Å². The maximum absolute atomic E-state index is 12.7. The van der Waals surface area contributed by atoms with Crippen LogP contribution in [0.2, 0.25) is 0 Å². The van der Waals surface area contributed by atoms with Crippen molar-refractivity contribution in [3.8, 4) is 0 Å². The Morgan fingerprint density at radius 2 is 1.65 bits per heavy atom. The molecule has 7 heteroatoms. The monoisotopic (exact) mass is 397 g/mol. The van der Waals surface area contributed by atoms with E-state index in [1.165, 1.54) is 12.1 Å². The summed E-state index contributed by atoms with van der Waals surface area (Å²) in [5, 5.41) is 9.05. The molecule has 0 amide bonds. The summed E-state index contributed by atoms with van der Waals surface area (Å²) in [6.45, 7) is 1.34. The van der Waals surface area contributed by atoms with Crippen LogP contribution in [0.15, 0.2) is 57.9 Å². The maximum Gasteiger partial charge on any atom is 0.318 e. The molecule has 0 heterocycles. The van der Waals surface area contributed by atoms with Crippen LogP contribution in [0.1, 0.15) is 11.1 Å². The van der Waals surface area contributed by atoms with Gasteiger partial charge in [0.1, 0.15) is 6.54 Å². The quantitative estimate of drug-likeness (QED) is 0.812. The zero-order valence-corrected chi connectivity index (χ0v) is 14.8. The third kappa shape index (κ3) is 4.63. The molecule has 0 aliphatic heterocycles. The summed E-state index contributed by atoms with van der Waals surface area (Å²) in [5.74, 6) is -1.20. The van der Waals surface area contributed by atoms with E-state index in [4.69, 9.17) is 5.11 Å². The van der Waals surface area contributed by atoms with Crippen molar-refractivity contribution in [2.75, 3.05) is 6.54 Å². The fourth-order valence-corrected chi connectivity index (χ4v) is 3.67. The lowest BCUT2D eigenvalue weighted by Gasteiger charge is -2.20. The number of rotatable bonds is 6. The van der Waals surface area contributed by atoms with Gasteiger partial charge in [0.15, 0.2) is 0 Å². The standard InChI is InChI=1S/C16H16BrNO4S/c1-12-2-4-13(5-3-12)10-18(11-16(19)20)23(21,22)15-8-6-14(17)7-9-15/h2-9H,10-11H2,1H3,(H,19,20). The summed E-state index contributed by atoms with van der Waals surface area (Å²) in [4.78, 5) is 11.1. The molecule has 2 aromatic carbocycles. The van der Waals surface area contributed by atoms with E-state index in [2.05, 4.69) is 15.9 Å². The van der Waals surface area contributed by atoms with Crippen LogP contribution in [-0.2, 0) is 21.4 Å². The highest BCUT2D eigenvalue weighted by Crippen LogP contribution is 2.20. The lowest BCUT2D eigenvalue weighted by atomic mass is 10.1. The topological polar surface area (TPSA) is 74.7 Å². The molecule has 0 saturated heterocycles. The van der Waals surface area contributed by atoms with Crippen LogP contribution in [0, 0.1) is 6.92 Å². The molecule has 0 atom stereocenters. The fourth-order valence-electron chi connectivity index (χ4n) is 2.03. The van der Waals surface area contributed by atoms with Gasteiger partial charge in [-0.15, -0.1) is 0 Å². The van der Waals surface area contributed by atoms with Gasteiger partial charge in [-0.25, -0.2) is 8.42 Å². The van der Waals surface area contributed by atoms with Crippen LogP contribution in [0.25, 0.3) is 0 Å². The Morgan fingerprint density at radius 3 is 2.17 bits per heavy atom. The number of carboxylic acids is 1. The summed E-state index contributed by atoms with van der Waals surface area (Å²) < 4.78 is 27.1. The van der Waals surface area contributed by atoms with Crippen molar-refractivity contribution in [3.05, 3.63) is 64.1 Å². The number of hydrogen-bond acceptors (Lipinski definition) is 3. The normalized spacial score (nSPS) is 11.6. The summed E-state index contributed by atoms with van der Waals surface area (Å²) in [6, 6.07) is 13.4. The Bertz CT molecular complexity index is 786. The third-order valence-electron chi connectivity index (χ3n) is 3.24. The number of carboxylic acid groups (broad SMARTS) is 1. The van der Waals surface area contributed by atoms with Crippen molar-refractivity contribution in [2.45, 2.75) is 18.4 Å². The first-order valence-electron chi connectivity index (χ1n) is 6.82. The number of sulfonamides is 1. The molecule has 0 spiro atoms. The van der Waals surface area contributed by atoms with Gasteiger partial charge in [0.2, 0.25) is 10.0 Å². The summed E-state index contributed by atoms with van der Waals surface area (Å²) in [5.41, 5.74) is 1.78. The van der Waals surface area contributed by atoms with Crippen LogP contribution in [-0.4, -0.2) is 30.3 Å². The highest BCUT2D eigenvalue weighted by Gasteiger charge is 2.26. The molecule has 0 radical (unpaired) electrons. The molecule has 0 bridgehead atoms. The molecule has 0 fully saturated rings. The summed E-state index contributed by atoms with van der Waals surface area (Å²) in [7, 11) is -3.89. The van der Waals surface area contributed by atoms with E-state index in [1.807, 2.05) is 19.1 Å². The largest absolute Gasteiger partial charge is 0.480 e. The van der Waals surface area contributed by atoms with Gasteiger partial charge in [0.25, 0.3) is 0 Å². The van der Waals surface area contributed by atoms with Crippen LogP contribution < -0.4 is 0 Å². The predicted molar refractivity (Wildman–Crippen MR) is 90.6 cm³/mol. The first kappa shape index (κ1) is 17.7. The second-order valence-corrected chi connectivity index (χ2v) is 7.96. The first-order chi connectivity index (χ1) is 10.8. The third-order valence-corrected chi connectivity index (χ3v) is 5.58. The zero-order chi connectivity index (χ0) is 17.0. The number of aryl methyl sites for hydroxylation is 1. The number of benzene rings is 2. The van der Waals surface area contributed by atoms with E-state index in [1.54, 1.807) is 24.3 Å². The smallest absolute Gasteiger partial charge is 0.318 e. The Hall–Kier alpha value is -1.70. The minimum atomic E-state index is -3.89. The van der Waals surface area contributed by atoms with Gasteiger partial charge in [-0.2, -0.15) is 4.31 Å². The van der Waals surface area contributed by atoms with E-state index in [0.29, 0.717) is 0 Å². The number of hydrogen-bond donors (Lipinski definition) is 1. The minimum Gasteiger partial charge on any atom is -0.480 e. The lowest BCUT2D eigenvalue weighted by Crippen LogP contribution is -2.35. The lowest BCUT2D eigenvalue weighted by molar-refractivity contribution is -0.137. The van der Waals surface area contributed by atoms with Crippen molar-refractivity contribution >= 4 is 31.9 Å². The molecule has 122 valence electrons. The SMILES string of the molecule is Cc1ccc(CN(CC(=O)O)S(=O)(=O)c2ccc(Br)cc2)cc1. The fraction of sp³-hybridized carbons (Fsp3) is 0.188. The van der Waals surface area contributed by atoms with Crippen molar-refractivity contribution in [3.63, 3.8) is 0 Å². The summed E-state index contributed by atoms with van der Waals surface area (Å²) in [6.07, 6.45) is 0. The Morgan fingerprint density at radius 1 is 1.09 bits per heavy atom. The van der Waals surface area contributed by atoms with Gasteiger partial charge in [0, 0.05) is 11.0 Å². The average molecular weight is 398 g/mol. The van der Waals surface area contributed by atoms with Gasteiger partial charge in [0.05, 0.1) is 4.90 Å². The molecular formula is C16H16BrNO4S.